The van der Waals surface area contributed by atoms with Crippen molar-refractivity contribution in [3.05, 3.63) is 57.6 Å². The average molecular weight is 575 g/mol. The molecule has 0 aliphatic heterocycles. The summed E-state index contributed by atoms with van der Waals surface area (Å²) < 4.78 is 46.1. The molecule has 0 radical (unpaired) electrons. The average Bonchev–Trinajstić information content (AvgIpc) is 2.76. The van der Waals surface area contributed by atoms with Crippen LogP contribution in [0.15, 0.2) is 34.1 Å². The van der Waals surface area contributed by atoms with Crippen molar-refractivity contribution in [3.8, 4) is 0 Å². The molecule has 0 fully saturated rings. The van der Waals surface area contributed by atoms with Crippen molar-refractivity contribution < 1.29 is 17.5 Å². The van der Waals surface area contributed by atoms with E-state index in [0.717, 1.165) is 22.3 Å². The Hall–Kier alpha value is -0.0803. The Bertz CT molecular complexity index is 930. The van der Waals surface area contributed by atoms with Crippen LogP contribution in [0.2, 0.25) is 0 Å². The molecule has 2 aromatic rings. The molecule has 0 heterocycles. The third kappa shape index (κ3) is 10.1. The topological polar surface area (TPSA) is 80.3 Å². The van der Waals surface area contributed by atoms with Gasteiger partial charge in [-0.1, -0.05) is 107 Å². The number of hydrogen-bond acceptors (Lipinski definition) is 4. The predicted molar refractivity (Wildman–Crippen MR) is 158 cm³/mol. The van der Waals surface area contributed by atoms with Gasteiger partial charge in [0.1, 0.15) is 0 Å². The number of rotatable bonds is 8. The minimum Gasteiger partial charge on any atom is -0.768 e. The van der Waals surface area contributed by atoms with E-state index in [9.17, 15) is 17.5 Å². The van der Waals surface area contributed by atoms with Gasteiger partial charge in [0.15, 0.2) is 0 Å². The van der Waals surface area contributed by atoms with Crippen LogP contribution in [0, 0.1) is 0 Å². The Morgan fingerprint density at radius 3 is 0.757 bits per heavy atom. The molecule has 37 heavy (non-hydrogen) atoms. The first-order valence-electron chi connectivity index (χ1n) is 13.0. The molecule has 0 saturated carbocycles. The smallest absolute Gasteiger partial charge is 0.768 e. The Labute approximate surface area is 261 Å². The van der Waals surface area contributed by atoms with Gasteiger partial charge in [-0.3, -0.25) is 8.42 Å². The van der Waals surface area contributed by atoms with Crippen molar-refractivity contribution in [1.82, 2.24) is 0 Å². The van der Waals surface area contributed by atoms with E-state index in [1.165, 1.54) is 11.1 Å². The molecule has 2 atom stereocenters. The zero-order valence-electron chi connectivity index (χ0n) is 24.9. The van der Waals surface area contributed by atoms with Crippen LogP contribution in [0.4, 0.5) is 0 Å². The third-order valence-corrected chi connectivity index (χ3v) is 8.10. The van der Waals surface area contributed by atoms with Crippen LogP contribution in [-0.2, 0) is 22.2 Å². The minimum atomic E-state index is -2.16. The van der Waals surface area contributed by atoms with Gasteiger partial charge in [0, 0.05) is 9.79 Å². The van der Waals surface area contributed by atoms with Crippen molar-refractivity contribution in [2.24, 2.45) is 0 Å². The van der Waals surface area contributed by atoms with Gasteiger partial charge in [0.05, 0.1) is 0 Å². The van der Waals surface area contributed by atoms with Crippen LogP contribution in [-0.4, -0.2) is 55.3 Å². The second kappa shape index (κ2) is 16.2. The van der Waals surface area contributed by atoms with E-state index in [1.807, 2.05) is 79.7 Å². The van der Waals surface area contributed by atoms with Gasteiger partial charge in [0.25, 0.3) is 0 Å². The standard InChI is InChI=1S/2C15H24O2S.Ca/c2*1-9(2)12-7-13(10(3)4)15(18(16)17)14(8-12)11(5)6;/h2*7-11H,1-6H3,(H,16,17);/q;;+2/p-2. The van der Waals surface area contributed by atoms with Crippen molar-refractivity contribution in [3.63, 3.8) is 0 Å². The van der Waals surface area contributed by atoms with Gasteiger partial charge in [-0.25, -0.2) is 0 Å². The van der Waals surface area contributed by atoms with Crippen LogP contribution >= 0.6 is 0 Å². The molecule has 0 saturated heterocycles. The monoisotopic (exact) mass is 574 g/mol. The van der Waals surface area contributed by atoms with E-state index in [2.05, 4.69) is 27.7 Å². The zero-order valence-corrected chi connectivity index (χ0v) is 28.8. The van der Waals surface area contributed by atoms with Gasteiger partial charge in [-0.2, -0.15) is 0 Å². The molecule has 0 aliphatic rings. The second-order valence-corrected chi connectivity index (χ2v) is 13.2. The summed E-state index contributed by atoms with van der Waals surface area (Å²) in [7, 11) is 0. The molecular weight excluding hydrogens is 529 g/mol. The van der Waals surface area contributed by atoms with Crippen LogP contribution in [0.1, 0.15) is 152 Å². The summed E-state index contributed by atoms with van der Waals surface area (Å²) in [5.41, 5.74) is 6.21. The molecule has 0 N–H and O–H groups in total. The zero-order chi connectivity index (χ0) is 28.1. The van der Waals surface area contributed by atoms with Crippen molar-refractivity contribution in [1.29, 1.82) is 0 Å². The van der Waals surface area contributed by atoms with Crippen molar-refractivity contribution >= 4 is 59.9 Å². The van der Waals surface area contributed by atoms with E-state index >= 15 is 0 Å². The summed E-state index contributed by atoms with van der Waals surface area (Å²) in [4.78, 5) is 1.01. The summed E-state index contributed by atoms with van der Waals surface area (Å²) in [5.74, 6) is 1.69. The van der Waals surface area contributed by atoms with Gasteiger partial charge in [-0.15, -0.1) is 0 Å². The molecular formula is C30H46CaO4S2. The molecule has 2 unspecified atom stereocenters. The largest absolute Gasteiger partial charge is 2.00 e. The van der Waals surface area contributed by atoms with E-state index in [-0.39, 0.29) is 61.4 Å². The SMILES string of the molecule is CC(C)c1cc(C(C)C)c(S(=O)[O-])c(C(C)C)c1.CC(C)c1cc(C(C)C)c(S(=O)[O-])c(C(C)C)c1.[Ca+2]. The first kappa shape index (κ1) is 36.9. The second-order valence-electron chi connectivity index (χ2n) is 11.5. The van der Waals surface area contributed by atoms with E-state index in [0.29, 0.717) is 21.6 Å². The van der Waals surface area contributed by atoms with Crippen LogP contribution < -0.4 is 0 Å². The van der Waals surface area contributed by atoms with E-state index in [4.69, 9.17) is 0 Å². The quantitative estimate of drug-likeness (QED) is 0.235. The molecule has 7 heteroatoms. The van der Waals surface area contributed by atoms with Crippen molar-refractivity contribution in [2.45, 2.75) is 128 Å². The fourth-order valence-electron chi connectivity index (χ4n) is 4.16. The number of hydrogen-bond donors (Lipinski definition) is 0. The molecule has 0 spiro atoms. The van der Waals surface area contributed by atoms with Gasteiger partial charge < -0.3 is 9.11 Å². The normalized spacial score (nSPS) is 13.3. The Balaban J connectivity index is 0.000000682. The van der Waals surface area contributed by atoms with Crippen LogP contribution in [0.3, 0.4) is 0 Å². The molecule has 0 aliphatic carbocycles. The first-order chi connectivity index (χ1) is 16.5. The molecule has 4 nitrogen and oxygen atoms in total. The predicted octanol–water partition coefficient (Wildman–Crippen LogP) is 8.21. The first-order valence-corrected chi connectivity index (χ1v) is 15.2. The number of benzene rings is 2. The van der Waals surface area contributed by atoms with Gasteiger partial charge in [0.2, 0.25) is 0 Å². The summed E-state index contributed by atoms with van der Waals surface area (Å²) in [6, 6.07) is 8.19. The molecule has 0 aromatic heterocycles. The fraction of sp³-hybridized carbons (Fsp3) is 0.600. The summed E-state index contributed by atoms with van der Waals surface area (Å²) in [6.07, 6.45) is 0. The Morgan fingerprint density at radius 1 is 0.459 bits per heavy atom. The maximum absolute atomic E-state index is 11.5. The van der Waals surface area contributed by atoms with Gasteiger partial charge >= 0.3 is 37.7 Å². The third-order valence-electron chi connectivity index (χ3n) is 6.49. The van der Waals surface area contributed by atoms with Gasteiger partial charge in [-0.05, 0) is 91.0 Å². The van der Waals surface area contributed by atoms with Crippen molar-refractivity contribution in [2.75, 3.05) is 0 Å². The maximum atomic E-state index is 11.5. The summed E-state index contributed by atoms with van der Waals surface area (Å²) >= 11 is -4.33. The Kier molecular flexibility index (Phi) is 16.2. The van der Waals surface area contributed by atoms with Crippen LogP contribution in [0.5, 0.6) is 0 Å². The maximum Gasteiger partial charge on any atom is 2.00 e. The molecule has 2 aromatic carbocycles. The van der Waals surface area contributed by atoms with E-state index in [1.54, 1.807) is 0 Å². The molecule has 2 rings (SSSR count). The summed E-state index contributed by atoms with van der Waals surface area (Å²) in [6.45, 7) is 24.9. The molecule has 204 valence electrons. The van der Waals surface area contributed by atoms with Crippen LogP contribution in [0.25, 0.3) is 0 Å². The minimum absolute atomic E-state index is 0. The molecule has 0 bridgehead atoms. The molecule has 0 amide bonds. The van der Waals surface area contributed by atoms with E-state index < -0.39 is 22.2 Å². The summed E-state index contributed by atoms with van der Waals surface area (Å²) in [5, 5.41) is 0. The Morgan fingerprint density at radius 2 is 0.649 bits per heavy atom. The fourth-order valence-corrected chi connectivity index (χ4v) is 6.11.